The molecule has 6 heteroatoms. The summed E-state index contributed by atoms with van der Waals surface area (Å²) in [5.41, 5.74) is -0.682. The molecule has 0 spiro atoms. The summed E-state index contributed by atoms with van der Waals surface area (Å²) in [5, 5.41) is 0. The third-order valence-electron chi connectivity index (χ3n) is 4.20. The fraction of sp³-hybridized carbons (Fsp3) is 0.643. The van der Waals surface area contributed by atoms with Crippen molar-refractivity contribution in [2.45, 2.75) is 31.5 Å². The van der Waals surface area contributed by atoms with Crippen LogP contribution in [-0.4, -0.2) is 42.1 Å². The maximum atomic E-state index is 12.5. The van der Waals surface area contributed by atoms with E-state index in [2.05, 4.69) is 14.8 Å². The number of hydrogen-bond donors (Lipinski definition) is 0. The first-order valence-corrected chi connectivity index (χ1v) is 7.06. The van der Waals surface area contributed by atoms with Crippen LogP contribution in [0.5, 0.6) is 0 Å². The molecule has 1 aromatic heterocycles. The lowest BCUT2D eigenvalue weighted by Crippen LogP contribution is -2.36. The Balaban J connectivity index is 1.75. The topological polar surface area (TPSA) is 19.4 Å². The van der Waals surface area contributed by atoms with Crippen LogP contribution in [0.25, 0.3) is 0 Å². The fourth-order valence-corrected chi connectivity index (χ4v) is 3.16. The van der Waals surface area contributed by atoms with Gasteiger partial charge in [0.05, 0.1) is 5.56 Å². The van der Waals surface area contributed by atoms with Crippen LogP contribution in [0.15, 0.2) is 18.3 Å². The van der Waals surface area contributed by atoms with Crippen LogP contribution in [0.1, 0.15) is 24.8 Å². The van der Waals surface area contributed by atoms with Gasteiger partial charge in [0.1, 0.15) is 5.82 Å². The Bertz CT molecular complexity index is 458. The Morgan fingerprint density at radius 2 is 1.90 bits per heavy atom. The Labute approximate surface area is 116 Å². The molecule has 2 aliphatic heterocycles. The van der Waals surface area contributed by atoms with Crippen molar-refractivity contribution in [3.8, 4) is 0 Å². The summed E-state index contributed by atoms with van der Waals surface area (Å²) in [6, 6.07) is 3.15. The highest BCUT2D eigenvalue weighted by atomic mass is 19.4. The molecular weight excluding hydrogens is 267 g/mol. The third-order valence-corrected chi connectivity index (χ3v) is 4.20. The number of alkyl halides is 3. The van der Waals surface area contributed by atoms with E-state index in [1.54, 1.807) is 0 Å². The SMILES string of the molecule is FC(F)(F)c1ccc(N2CCCN3CCCC3C2)nc1. The number of hydrogen-bond acceptors (Lipinski definition) is 3. The van der Waals surface area contributed by atoms with E-state index >= 15 is 0 Å². The van der Waals surface area contributed by atoms with Crippen LogP contribution in [0.4, 0.5) is 19.0 Å². The van der Waals surface area contributed by atoms with Gasteiger partial charge in [0.25, 0.3) is 0 Å². The van der Waals surface area contributed by atoms with Crippen molar-refractivity contribution in [1.82, 2.24) is 9.88 Å². The molecule has 0 amide bonds. The first-order valence-electron chi connectivity index (χ1n) is 7.06. The lowest BCUT2D eigenvalue weighted by molar-refractivity contribution is -0.137. The predicted molar refractivity (Wildman–Crippen MR) is 70.7 cm³/mol. The number of anilines is 1. The van der Waals surface area contributed by atoms with E-state index in [4.69, 9.17) is 0 Å². The summed E-state index contributed by atoms with van der Waals surface area (Å²) in [4.78, 5) is 8.62. The second kappa shape index (κ2) is 5.24. The Kier molecular flexibility index (Phi) is 3.58. The predicted octanol–water partition coefficient (Wildman–Crippen LogP) is 2.77. The van der Waals surface area contributed by atoms with Crippen LogP contribution in [-0.2, 0) is 6.18 Å². The molecule has 20 heavy (non-hydrogen) atoms. The lowest BCUT2D eigenvalue weighted by Gasteiger charge is -2.26. The van der Waals surface area contributed by atoms with Gasteiger partial charge in [-0.15, -0.1) is 0 Å². The number of pyridine rings is 1. The van der Waals surface area contributed by atoms with Gasteiger partial charge < -0.3 is 4.90 Å². The molecule has 1 atom stereocenters. The van der Waals surface area contributed by atoms with Crippen molar-refractivity contribution in [3.63, 3.8) is 0 Å². The summed E-state index contributed by atoms with van der Waals surface area (Å²) in [5.74, 6) is 0.659. The average molecular weight is 285 g/mol. The van der Waals surface area contributed by atoms with Crippen LogP contribution < -0.4 is 4.90 Å². The number of fused-ring (bicyclic) bond motifs is 1. The first kappa shape index (κ1) is 13.7. The summed E-state index contributed by atoms with van der Waals surface area (Å²) < 4.78 is 37.6. The normalized spacial score (nSPS) is 24.6. The van der Waals surface area contributed by atoms with Crippen molar-refractivity contribution in [1.29, 1.82) is 0 Å². The van der Waals surface area contributed by atoms with Gasteiger partial charge in [-0.05, 0) is 37.9 Å². The Morgan fingerprint density at radius 3 is 2.60 bits per heavy atom. The monoisotopic (exact) mass is 285 g/mol. The van der Waals surface area contributed by atoms with E-state index in [0.717, 1.165) is 44.9 Å². The number of halogens is 3. The van der Waals surface area contributed by atoms with Crippen LogP contribution in [0.3, 0.4) is 0 Å². The molecule has 1 unspecified atom stereocenters. The van der Waals surface area contributed by atoms with E-state index < -0.39 is 11.7 Å². The minimum absolute atomic E-state index is 0.529. The van der Waals surface area contributed by atoms with Gasteiger partial charge in [-0.1, -0.05) is 0 Å². The third kappa shape index (κ3) is 2.75. The van der Waals surface area contributed by atoms with Crippen molar-refractivity contribution in [2.75, 3.05) is 31.1 Å². The second-order valence-electron chi connectivity index (χ2n) is 5.53. The van der Waals surface area contributed by atoms with E-state index in [1.807, 2.05) is 0 Å². The van der Waals surface area contributed by atoms with Crippen molar-refractivity contribution < 1.29 is 13.2 Å². The van der Waals surface area contributed by atoms with E-state index in [0.29, 0.717) is 11.9 Å². The summed E-state index contributed by atoms with van der Waals surface area (Å²) >= 11 is 0. The minimum Gasteiger partial charge on any atom is -0.355 e. The molecule has 2 saturated heterocycles. The second-order valence-corrected chi connectivity index (χ2v) is 5.53. The highest BCUT2D eigenvalue weighted by Crippen LogP contribution is 2.30. The summed E-state index contributed by atoms with van der Waals surface area (Å²) in [7, 11) is 0. The van der Waals surface area contributed by atoms with Gasteiger partial charge in [-0.2, -0.15) is 13.2 Å². The van der Waals surface area contributed by atoms with Crippen LogP contribution >= 0.6 is 0 Å². The molecule has 110 valence electrons. The lowest BCUT2D eigenvalue weighted by atomic mass is 10.2. The van der Waals surface area contributed by atoms with Gasteiger partial charge >= 0.3 is 6.18 Å². The summed E-state index contributed by atoms with van der Waals surface area (Å²) in [6.45, 7) is 3.98. The van der Waals surface area contributed by atoms with E-state index in [1.165, 1.54) is 18.9 Å². The quantitative estimate of drug-likeness (QED) is 0.791. The Morgan fingerprint density at radius 1 is 1.10 bits per heavy atom. The summed E-state index contributed by atoms with van der Waals surface area (Å²) in [6.07, 6.45) is 0.0640. The maximum absolute atomic E-state index is 12.5. The molecule has 0 saturated carbocycles. The largest absolute Gasteiger partial charge is 0.417 e. The highest BCUT2D eigenvalue weighted by Gasteiger charge is 2.32. The molecule has 3 rings (SSSR count). The maximum Gasteiger partial charge on any atom is 0.417 e. The molecule has 1 aromatic rings. The van der Waals surface area contributed by atoms with Gasteiger partial charge in [0.15, 0.2) is 0 Å². The van der Waals surface area contributed by atoms with Gasteiger partial charge in [-0.25, -0.2) is 4.98 Å². The van der Waals surface area contributed by atoms with Crippen LogP contribution in [0.2, 0.25) is 0 Å². The van der Waals surface area contributed by atoms with Gasteiger partial charge in [-0.3, -0.25) is 4.90 Å². The molecule has 2 fully saturated rings. The van der Waals surface area contributed by atoms with Crippen molar-refractivity contribution >= 4 is 5.82 Å². The minimum atomic E-state index is -4.31. The van der Waals surface area contributed by atoms with Crippen molar-refractivity contribution in [2.24, 2.45) is 0 Å². The molecule has 0 N–H and O–H groups in total. The molecule has 0 aliphatic carbocycles. The van der Waals surface area contributed by atoms with Crippen molar-refractivity contribution in [3.05, 3.63) is 23.9 Å². The molecule has 2 aliphatic rings. The molecular formula is C14H18F3N3. The Hall–Kier alpha value is -1.30. The van der Waals surface area contributed by atoms with Gasteiger partial charge in [0, 0.05) is 31.9 Å². The molecule has 3 nitrogen and oxygen atoms in total. The van der Waals surface area contributed by atoms with E-state index in [9.17, 15) is 13.2 Å². The van der Waals surface area contributed by atoms with Gasteiger partial charge in [0.2, 0.25) is 0 Å². The molecule has 0 bridgehead atoms. The molecule has 0 radical (unpaired) electrons. The number of nitrogens with zero attached hydrogens (tertiary/aromatic N) is 3. The number of aromatic nitrogens is 1. The van der Waals surface area contributed by atoms with E-state index in [-0.39, 0.29) is 0 Å². The zero-order chi connectivity index (χ0) is 14.2. The molecule has 3 heterocycles. The fourth-order valence-electron chi connectivity index (χ4n) is 3.16. The standard InChI is InChI=1S/C14H18F3N3/c15-14(16,17)11-4-5-13(18-9-11)20-8-2-7-19-6-1-3-12(19)10-20/h4-5,9,12H,1-3,6-8,10H2. The number of rotatable bonds is 1. The average Bonchev–Trinajstić information content (AvgIpc) is 2.75. The first-order chi connectivity index (χ1) is 9.54. The molecule has 0 aromatic carbocycles. The van der Waals surface area contributed by atoms with Crippen LogP contribution in [0, 0.1) is 0 Å². The highest BCUT2D eigenvalue weighted by molar-refractivity contribution is 5.40. The zero-order valence-corrected chi connectivity index (χ0v) is 11.2. The zero-order valence-electron chi connectivity index (χ0n) is 11.2. The smallest absolute Gasteiger partial charge is 0.355 e.